The molecule has 0 saturated heterocycles. The molecule has 1 heterocycles. The van der Waals surface area contributed by atoms with E-state index in [2.05, 4.69) is 12.1 Å². The Hall–Kier alpha value is -2.52. The monoisotopic (exact) mass is 322 g/mol. The highest BCUT2D eigenvalue weighted by Gasteiger charge is 2.07. The maximum absolute atomic E-state index is 13.1. The maximum Gasteiger partial charge on any atom is 0.195 e. The van der Waals surface area contributed by atoms with Gasteiger partial charge in [0.2, 0.25) is 0 Å². The molecule has 0 spiro atoms. The Kier molecular flexibility index (Phi) is 4.79. The van der Waals surface area contributed by atoms with Crippen LogP contribution in [0.1, 0.15) is 25.7 Å². The summed E-state index contributed by atoms with van der Waals surface area (Å²) in [5.41, 5.74) is 1.91. The largest absolute Gasteiger partial charge is 0.288 e. The van der Waals surface area contributed by atoms with Crippen molar-refractivity contribution >= 4 is 23.2 Å². The molecule has 0 aliphatic rings. The van der Waals surface area contributed by atoms with E-state index < -0.39 is 0 Å². The van der Waals surface area contributed by atoms with E-state index in [4.69, 9.17) is 0 Å². The fraction of sp³-hybridized carbons (Fsp3) is 0.0500. The van der Waals surface area contributed by atoms with Crippen molar-refractivity contribution in [3.05, 3.63) is 99.5 Å². The predicted octanol–water partition coefficient (Wildman–Crippen LogP) is 5.37. The highest BCUT2D eigenvalue weighted by molar-refractivity contribution is 7.14. The van der Waals surface area contributed by atoms with Gasteiger partial charge in [-0.1, -0.05) is 48.5 Å². The van der Waals surface area contributed by atoms with Crippen molar-refractivity contribution in [1.29, 1.82) is 0 Å². The summed E-state index contributed by atoms with van der Waals surface area (Å²) in [4.78, 5) is 14.0. The molecule has 0 radical (unpaired) electrons. The summed E-state index contributed by atoms with van der Waals surface area (Å²) in [5, 5.41) is 0. The second-order valence-corrected chi connectivity index (χ2v) is 6.35. The van der Waals surface area contributed by atoms with E-state index in [0.29, 0.717) is 10.4 Å². The molecule has 0 aliphatic heterocycles. The lowest BCUT2D eigenvalue weighted by atomic mass is 10.1. The van der Waals surface area contributed by atoms with Crippen LogP contribution < -0.4 is 0 Å². The van der Waals surface area contributed by atoms with Crippen LogP contribution in [0.5, 0.6) is 0 Å². The average molecular weight is 322 g/mol. The van der Waals surface area contributed by atoms with Crippen LogP contribution in [0.4, 0.5) is 4.39 Å². The summed E-state index contributed by atoms with van der Waals surface area (Å²) < 4.78 is 13.1. The van der Waals surface area contributed by atoms with Crippen LogP contribution in [0, 0.1) is 5.82 Å². The first kappa shape index (κ1) is 15.4. The predicted molar refractivity (Wildman–Crippen MR) is 93.3 cm³/mol. The van der Waals surface area contributed by atoms with Crippen LogP contribution in [0.15, 0.2) is 72.8 Å². The van der Waals surface area contributed by atoms with Crippen LogP contribution in [-0.2, 0) is 6.42 Å². The Labute approximate surface area is 138 Å². The number of benzene rings is 2. The van der Waals surface area contributed by atoms with Gasteiger partial charge in [0.05, 0.1) is 4.88 Å². The van der Waals surface area contributed by atoms with Crippen molar-refractivity contribution in [2.24, 2.45) is 0 Å². The Bertz CT molecular complexity index is 834. The third-order valence-electron chi connectivity index (χ3n) is 3.40. The molecule has 3 heteroatoms. The first-order chi connectivity index (χ1) is 11.2. The molecule has 0 unspecified atom stereocenters. The second-order valence-electron chi connectivity index (χ2n) is 5.18. The number of carbonyl (C=O) groups excluding carboxylic acids is 1. The molecule has 1 aromatic heterocycles. The van der Waals surface area contributed by atoms with Crippen LogP contribution in [0.25, 0.3) is 6.08 Å². The number of allylic oxidation sites excluding steroid dienone is 1. The zero-order valence-electron chi connectivity index (χ0n) is 12.4. The van der Waals surface area contributed by atoms with Gasteiger partial charge in [0.15, 0.2) is 5.78 Å². The Morgan fingerprint density at radius 1 is 1.00 bits per heavy atom. The molecule has 23 heavy (non-hydrogen) atoms. The van der Waals surface area contributed by atoms with Crippen molar-refractivity contribution in [2.75, 3.05) is 0 Å². The summed E-state index contributed by atoms with van der Waals surface area (Å²) in [7, 11) is 0. The number of thiophene rings is 1. The minimum absolute atomic E-state index is 0.0569. The highest BCUT2D eigenvalue weighted by atomic mass is 32.1. The summed E-state index contributed by atoms with van der Waals surface area (Å²) in [6, 6.07) is 20.2. The summed E-state index contributed by atoms with van der Waals surface area (Å²) in [6.45, 7) is 0. The third kappa shape index (κ3) is 4.24. The minimum atomic E-state index is -0.305. The lowest BCUT2D eigenvalue weighted by Crippen LogP contribution is -1.89. The quantitative estimate of drug-likeness (QED) is 0.455. The van der Waals surface area contributed by atoms with Crippen molar-refractivity contribution in [1.82, 2.24) is 0 Å². The Morgan fingerprint density at radius 3 is 2.61 bits per heavy atom. The maximum atomic E-state index is 13.1. The van der Waals surface area contributed by atoms with Crippen molar-refractivity contribution in [3.8, 4) is 0 Å². The van der Waals surface area contributed by atoms with Gasteiger partial charge < -0.3 is 0 Å². The molecule has 2 aromatic carbocycles. The van der Waals surface area contributed by atoms with E-state index in [-0.39, 0.29) is 11.6 Å². The van der Waals surface area contributed by atoms with E-state index in [1.165, 1.54) is 35.1 Å². The zero-order chi connectivity index (χ0) is 16.1. The fourth-order valence-electron chi connectivity index (χ4n) is 2.27. The highest BCUT2D eigenvalue weighted by Crippen LogP contribution is 2.21. The molecule has 0 bridgehead atoms. The van der Waals surface area contributed by atoms with Crippen molar-refractivity contribution < 1.29 is 9.18 Å². The van der Waals surface area contributed by atoms with Gasteiger partial charge in [0, 0.05) is 11.3 Å². The van der Waals surface area contributed by atoms with Gasteiger partial charge in [0.1, 0.15) is 5.82 Å². The molecule has 114 valence electrons. The van der Waals surface area contributed by atoms with E-state index in [1.54, 1.807) is 18.2 Å². The number of carbonyl (C=O) groups is 1. The third-order valence-corrected chi connectivity index (χ3v) is 4.50. The van der Waals surface area contributed by atoms with Crippen LogP contribution in [0.3, 0.4) is 0 Å². The van der Waals surface area contributed by atoms with Gasteiger partial charge in [-0.05, 0) is 41.5 Å². The normalized spacial score (nSPS) is 11.0. The molecule has 0 N–H and O–H groups in total. The van der Waals surface area contributed by atoms with Gasteiger partial charge in [0.25, 0.3) is 0 Å². The number of rotatable bonds is 5. The van der Waals surface area contributed by atoms with Crippen LogP contribution in [-0.4, -0.2) is 5.78 Å². The molecule has 3 aromatic rings. The molecule has 1 nitrogen and oxygen atoms in total. The number of hydrogen-bond donors (Lipinski definition) is 0. The fourth-order valence-corrected chi connectivity index (χ4v) is 3.23. The summed E-state index contributed by atoms with van der Waals surface area (Å²) in [6.07, 6.45) is 3.96. The molecule has 0 fully saturated rings. The van der Waals surface area contributed by atoms with Gasteiger partial charge in [-0.15, -0.1) is 11.3 Å². The van der Waals surface area contributed by atoms with Gasteiger partial charge in [-0.3, -0.25) is 4.79 Å². The lowest BCUT2D eigenvalue weighted by Gasteiger charge is -1.97. The Balaban J connectivity index is 1.69. The summed E-state index contributed by atoms with van der Waals surface area (Å²) in [5.74, 6) is -0.362. The van der Waals surface area contributed by atoms with Gasteiger partial charge >= 0.3 is 0 Å². The van der Waals surface area contributed by atoms with E-state index in [0.717, 1.165) is 11.3 Å². The molecule has 3 rings (SSSR count). The van der Waals surface area contributed by atoms with E-state index in [9.17, 15) is 9.18 Å². The van der Waals surface area contributed by atoms with E-state index >= 15 is 0 Å². The van der Waals surface area contributed by atoms with Crippen molar-refractivity contribution in [3.63, 3.8) is 0 Å². The second kappa shape index (κ2) is 7.16. The van der Waals surface area contributed by atoms with Crippen LogP contribution in [0.2, 0.25) is 0 Å². The van der Waals surface area contributed by atoms with Crippen LogP contribution >= 0.6 is 11.3 Å². The van der Waals surface area contributed by atoms with Gasteiger partial charge in [-0.2, -0.15) is 0 Å². The number of halogens is 1. The van der Waals surface area contributed by atoms with Gasteiger partial charge in [-0.25, -0.2) is 4.39 Å². The molecular formula is C20H15FOS. The van der Waals surface area contributed by atoms with E-state index in [1.807, 2.05) is 30.3 Å². The molecule has 0 atom stereocenters. The first-order valence-electron chi connectivity index (χ1n) is 7.31. The molecule has 0 amide bonds. The first-order valence-corrected chi connectivity index (χ1v) is 8.13. The SMILES string of the molecule is O=C(/C=C/c1cccc(F)c1)c1ccc(Cc2ccccc2)s1. The number of hydrogen-bond acceptors (Lipinski definition) is 2. The average Bonchev–Trinajstić information content (AvgIpc) is 3.02. The smallest absolute Gasteiger partial charge is 0.195 e. The standard InChI is InChI=1S/C20H15FOS/c21-17-8-4-7-16(13-17)9-11-19(22)20-12-10-18(23-20)14-15-5-2-1-3-6-15/h1-13H,14H2/b11-9+. The molecular weight excluding hydrogens is 307 g/mol. The molecule has 0 aliphatic carbocycles. The molecule has 0 saturated carbocycles. The topological polar surface area (TPSA) is 17.1 Å². The Morgan fingerprint density at radius 2 is 1.83 bits per heavy atom. The number of ketones is 1. The minimum Gasteiger partial charge on any atom is -0.288 e. The van der Waals surface area contributed by atoms with Crippen molar-refractivity contribution in [2.45, 2.75) is 6.42 Å². The lowest BCUT2D eigenvalue weighted by molar-refractivity contribution is 0.105. The zero-order valence-corrected chi connectivity index (χ0v) is 13.2. The summed E-state index contributed by atoms with van der Waals surface area (Å²) >= 11 is 1.50.